The Morgan fingerprint density at radius 1 is 1.14 bits per heavy atom. The van der Waals surface area contributed by atoms with Crippen molar-refractivity contribution in [2.75, 3.05) is 6.54 Å². The maximum atomic E-state index is 10.1. The number of piperidine rings is 1. The first-order chi connectivity index (χ1) is 6.64. The van der Waals surface area contributed by atoms with E-state index in [1.54, 1.807) is 0 Å². The maximum Gasteiger partial charge on any atom is 0.0649 e. The van der Waals surface area contributed by atoms with Crippen LogP contribution >= 0.6 is 0 Å². The van der Waals surface area contributed by atoms with E-state index in [9.17, 15) is 5.11 Å². The molecule has 0 aromatic carbocycles. The Balaban J connectivity index is 1.70. The van der Waals surface area contributed by atoms with Crippen molar-refractivity contribution in [3.8, 4) is 0 Å². The summed E-state index contributed by atoms with van der Waals surface area (Å²) in [5, 5.41) is 10.1. The summed E-state index contributed by atoms with van der Waals surface area (Å²) in [6.07, 6.45) is 7.58. The second-order valence-corrected chi connectivity index (χ2v) is 5.93. The number of hydrogen-bond acceptors (Lipinski definition) is 2. The summed E-state index contributed by atoms with van der Waals surface area (Å²) in [5.41, 5.74) is -0.369. The molecule has 3 fully saturated rings. The molecule has 0 radical (unpaired) electrons. The molecule has 0 spiro atoms. The van der Waals surface area contributed by atoms with Gasteiger partial charge in [0.05, 0.1) is 5.60 Å². The first-order valence-electron chi connectivity index (χ1n) is 6.12. The largest absolute Gasteiger partial charge is 0.390 e. The van der Waals surface area contributed by atoms with Gasteiger partial charge in [-0.15, -0.1) is 0 Å². The van der Waals surface area contributed by atoms with Crippen molar-refractivity contribution >= 4 is 0 Å². The van der Waals surface area contributed by atoms with Gasteiger partial charge < -0.3 is 5.11 Å². The number of hydrogen-bond donors (Lipinski definition) is 1. The summed E-state index contributed by atoms with van der Waals surface area (Å²) >= 11 is 0. The Labute approximate surface area is 86.3 Å². The summed E-state index contributed by atoms with van der Waals surface area (Å²) in [7, 11) is 0. The van der Waals surface area contributed by atoms with Gasteiger partial charge in [-0.25, -0.2) is 0 Å². The van der Waals surface area contributed by atoms with Gasteiger partial charge in [0.1, 0.15) is 0 Å². The zero-order valence-electron chi connectivity index (χ0n) is 9.08. The van der Waals surface area contributed by atoms with Crippen LogP contribution in [0.5, 0.6) is 0 Å². The van der Waals surface area contributed by atoms with Gasteiger partial charge in [-0.1, -0.05) is 0 Å². The van der Waals surface area contributed by atoms with E-state index >= 15 is 0 Å². The Morgan fingerprint density at radius 3 is 2.21 bits per heavy atom. The molecule has 2 bridgehead atoms. The molecule has 2 unspecified atom stereocenters. The van der Waals surface area contributed by atoms with Crippen LogP contribution in [0.4, 0.5) is 0 Å². The van der Waals surface area contributed by atoms with E-state index in [0.717, 1.165) is 18.8 Å². The second-order valence-electron chi connectivity index (χ2n) is 5.93. The first kappa shape index (κ1) is 9.17. The summed E-state index contributed by atoms with van der Waals surface area (Å²) in [5.74, 6) is 1.00. The van der Waals surface area contributed by atoms with Crippen molar-refractivity contribution in [1.29, 1.82) is 0 Å². The number of rotatable bonds is 2. The quantitative estimate of drug-likeness (QED) is 0.726. The molecule has 14 heavy (non-hydrogen) atoms. The van der Waals surface area contributed by atoms with Crippen LogP contribution in [0.1, 0.15) is 45.4 Å². The molecule has 1 aliphatic carbocycles. The topological polar surface area (TPSA) is 23.5 Å². The molecule has 0 aromatic rings. The molecule has 1 N–H and O–H groups in total. The van der Waals surface area contributed by atoms with Gasteiger partial charge in [-0.2, -0.15) is 0 Å². The molecule has 2 atom stereocenters. The molecule has 2 nitrogen and oxygen atoms in total. The second kappa shape index (κ2) is 2.96. The molecule has 2 heterocycles. The van der Waals surface area contributed by atoms with Gasteiger partial charge in [0.2, 0.25) is 0 Å². The molecule has 2 aliphatic heterocycles. The van der Waals surface area contributed by atoms with Gasteiger partial charge in [0.15, 0.2) is 0 Å². The highest BCUT2D eigenvalue weighted by atomic mass is 16.3. The van der Waals surface area contributed by atoms with Crippen LogP contribution in [-0.4, -0.2) is 34.2 Å². The molecule has 3 rings (SSSR count). The molecule has 0 amide bonds. The standard InChI is InChI=1S/C12H21NO/c1-12(14)6-10-4-5-11(7-12)13(10)8-9-2-3-9/h9-11,14H,2-8H2,1H3. The minimum Gasteiger partial charge on any atom is -0.390 e. The van der Waals surface area contributed by atoms with Gasteiger partial charge in [-0.05, 0) is 51.4 Å². The SMILES string of the molecule is CC1(O)CC2CCC(C1)N2CC1CC1. The molecule has 2 saturated heterocycles. The normalized spacial score (nSPS) is 48.4. The van der Waals surface area contributed by atoms with Crippen molar-refractivity contribution in [1.82, 2.24) is 4.90 Å². The molecule has 0 aromatic heterocycles. The first-order valence-corrected chi connectivity index (χ1v) is 6.12. The molecule has 1 saturated carbocycles. The number of nitrogens with zero attached hydrogens (tertiary/aromatic N) is 1. The van der Waals surface area contributed by atoms with Crippen molar-refractivity contribution in [3.05, 3.63) is 0 Å². The third kappa shape index (κ3) is 1.59. The Kier molecular flexibility index (Phi) is 1.94. The van der Waals surface area contributed by atoms with Gasteiger partial charge in [0.25, 0.3) is 0 Å². The molecule has 80 valence electrons. The lowest BCUT2D eigenvalue weighted by Gasteiger charge is -2.42. The third-order valence-electron chi connectivity index (χ3n) is 4.29. The fraction of sp³-hybridized carbons (Fsp3) is 1.00. The van der Waals surface area contributed by atoms with Crippen LogP contribution in [0.25, 0.3) is 0 Å². The van der Waals surface area contributed by atoms with Crippen molar-refractivity contribution in [2.24, 2.45) is 5.92 Å². The Morgan fingerprint density at radius 2 is 1.71 bits per heavy atom. The van der Waals surface area contributed by atoms with Crippen LogP contribution < -0.4 is 0 Å². The average molecular weight is 195 g/mol. The van der Waals surface area contributed by atoms with E-state index in [0.29, 0.717) is 12.1 Å². The lowest BCUT2D eigenvalue weighted by Crippen LogP contribution is -2.50. The van der Waals surface area contributed by atoms with Crippen molar-refractivity contribution < 1.29 is 5.11 Å². The lowest BCUT2D eigenvalue weighted by atomic mass is 9.88. The average Bonchev–Trinajstić information content (AvgIpc) is 2.83. The van der Waals surface area contributed by atoms with E-state index in [4.69, 9.17) is 0 Å². The smallest absolute Gasteiger partial charge is 0.0649 e. The highest BCUT2D eigenvalue weighted by Gasteiger charge is 2.46. The Hall–Kier alpha value is -0.0800. The molecule has 3 aliphatic rings. The fourth-order valence-corrected chi connectivity index (χ4v) is 3.45. The van der Waals surface area contributed by atoms with Gasteiger partial charge >= 0.3 is 0 Å². The van der Waals surface area contributed by atoms with Crippen LogP contribution in [0.15, 0.2) is 0 Å². The fourth-order valence-electron chi connectivity index (χ4n) is 3.45. The summed E-state index contributed by atoms with van der Waals surface area (Å²) in [6.45, 7) is 3.35. The van der Waals surface area contributed by atoms with Crippen LogP contribution in [0.3, 0.4) is 0 Å². The predicted octanol–water partition coefficient (Wildman–Crippen LogP) is 1.77. The number of aliphatic hydroxyl groups is 1. The number of fused-ring (bicyclic) bond motifs is 2. The van der Waals surface area contributed by atoms with Crippen LogP contribution in [-0.2, 0) is 0 Å². The highest BCUT2D eigenvalue weighted by Crippen LogP contribution is 2.43. The van der Waals surface area contributed by atoms with Gasteiger partial charge in [0, 0.05) is 18.6 Å². The summed E-state index contributed by atoms with van der Waals surface area (Å²) in [6, 6.07) is 1.40. The van der Waals surface area contributed by atoms with Crippen molar-refractivity contribution in [3.63, 3.8) is 0 Å². The molecular weight excluding hydrogens is 174 g/mol. The summed E-state index contributed by atoms with van der Waals surface area (Å²) in [4.78, 5) is 2.70. The third-order valence-corrected chi connectivity index (χ3v) is 4.29. The monoisotopic (exact) mass is 195 g/mol. The minimum atomic E-state index is -0.369. The lowest BCUT2D eigenvalue weighted by molar-refractivity contribution is -0.0396. The van der Waals surface area contributed by atoms with E-state index in [1.807, 2.05) is 6.92 Å². The minimum absolute atomic E-state index is 0.369. The molecule has 2 heteroatoms. The van der Waals surface area contributed by atoms with E-state index in [1.165, 1.54) is 32.2 Å². The highest BCUT2D eigenvalue weighted by molar-refractivity contribution is 5.01. The summed E-state index contributed by atoms with van der Waals surface area (Å²) < 4.78 is 0. The zero-order valence-corrected chi connectivity index (χ0v) is 9.08. The van der Waals surface area contributed by atoms with Crippen LogP contribution in [0.2, 0.25) is 0 Å². The van der Waals surface area contributed by atoms with E-state index in [2.05, 4.69) is 4.90 Å². The van der Waals surface area contributed by atoms with E-state index < -0.39 is 0 Å². The predicted molar refractivity (Wildman–Crippen MR) is 56.1 cm³/mol. The maximum absolute atomic E-state index is 10.1. The zero-order chi connectivity index (χ0) is 9.76. The van der Waals surface area contributed by atoms with E-state index in [-0.39, 0.29) is 5.60 Å². The molecular formula is C12H21NO. The Bertz CT molecular complexity index is 218. The van der Waals surface area contributed by atoms with Crippen LogP contribution in [0, 0.1) is 5.92 Å². The van der Waals surface area contributed by atoms with Crippen molar-refractivity contribution in [2.45, 2.75) is 63.1 Å². The van der Waals surface area contributed by atoms with Gasteiger partial charge in [-0.3, -0.25) is 4.90 Å².